The number of nitrogens with zero attached hydrogens (tertiary/aromatic N) is 2. The maximum atomic E-state index is 12.1. The Bertz CT molecular complexity index is 580. The van der Waals surface area contributed by atoms with Crippen LogP contribution in [0.25, 0.3) is 5.69 Å². The summed E-state index contributed by atoms with van der Waals surface area (Å²) in [6.45, 7) is 4.46. The van der Waals surface area contributed by atoms with Crippen LogP contribution in [-0.4, -0.2) is 21.7 Å². The summed E-state index contributed by atoms with van der Waals surface area (Å²) in [7, 11) is 0. The molecule has 0 bridgehead atoms. The highest BCUT2D eigenvalue weighted by Crippen LogP contribution is 2.13. The molecule has 2 aromatic rings. The molecule has 0 aliphatic carbocycles. The van der Waals surface area contributed by atoms with Crippen LogP contribution in [0.4, 0.5) is 0 Å². The van der Waals surface area contributed by atoms with Gasteiger partial charge in [0.05, 0.1) is 11.7 Å². The molecule has 2 rings (SSSR count). The summed E-state index contributed by atoms with van der Waals surface area (Å²) in [6.07, 6.45) is 4.50. The van der Waals surface area contributed by atoms with Crippen LogP contribution in [0.5, 0.6) is 0 Å². The molecule has 2 unspecified atom stereocenters. The Hall–Kier alpha value is -2.14. The summed E-state index contributed by atoms with van der Waals surface area (Å²) < 4.78 is 1.79. The Morgan fingerprint density at radius 3 is 2.81 bits per heavy atom. The van der Waals surface area contributed by atoms with Crippen molar-refractivity contribution < 1.29 is 4.79 Å². The lowest BCUT2D eigenvalue weighted by Gasteiger charge is -2.18. The maximum Gasteiger partial charge on any atom is 0.237 e. The topological polar surface area (TPSA) is 72.9 Å². The number of nitrogens with two attached hydrogens (primary N) is 1. The van der Waals surface area contributed by atoms with E-state index in [0.29, 0.717) is 6.54 Å². The van der Waals surface area contributed by atoms with Crippen molar-refractivity contribution in [1.29, 1.82) is 0 Å². The normalized spacial score (nSPS) is 13.7. The van der Waals surface area contributed by atoms with E-state index in [-0.39, 0.29) is 11.8 Å². The zero-order chi connectivity index (χ0) is 15.2. The Balaban J connectivity index is 2.06. The van der Waals surface area contributed by atoms with Gasteiger partial charge in [-0.15, -0.1) is 0 Å². The summed E-state index contributed by atoms with van der Waals surface area (Å²) in [4.78, 5) is 12.1. The van der Waals surface area contributed by atoms with E-state index in [9.17, 15) is 4.79 Å². The van der Waals surface area contributed by atoms with Crippen molar-refractivity contribution >= 4 is 5.91 Å². The van der Waals surface area contributed by atoms with Gasteiger partial charge in [0.25, 0.3) is 0 Å². The van der Waals surface area contributed by atoms with E-state index in [4.69, 9.17) is 5.73 Å². The smallest absolute Gasteiger partial charge is 0.237 e. The lowest BCUT2D eigenvalue weighted by atomic mass is 9.99. The monoisotopic (exact) mass is 286 g/mol. The number of hydrogen-bond donors (Lipinski definition) is 2. The molecule has 0 spiro atoms. The summed E-state index contributed by atoms with van der Waals surface area (Å²) in [5.41, 5.74) is 7.90. The van der Waals surface area contributed by atoms with Crippen molar-refractivity contribution in [2.24, 2.45) is 11.7 Å². The molecule has 1 amide bonds. The van der Waals surface area contributed by atoms with Crippen LogP contribution < -0.4 is 11.1 Å². The fourth-order valence-electron chi connectivity index (χ4n) is 2.11. The maximum absolute atomic E-state index is 12.1. The second-order valence-corrected chi connectivity index (χ2v) is 5.21. The predicted octanol–water partition coefficient (Wildman–Crippen LogP) is 1.86. The van der Waals surface area contributed by atoms with E-state index in [0.717, 1.165) is 17.7 Å². The van der Waals surface area contributed by atoms with Gasteiger partial charge in [-0.05, 0) is 23.6 Å². The molecule has 0 aliphatic heterocycles. The number of benzene rings is 1. The van der Waals surface area contributed by atoms with Crippen LogP contribution in [0.3, 0.4) is 0 Å². The Morgan fingerprint density at radius 2 is 2.14 bits per heavy atom. The van der Waals surface area contributed by atoms with Crippen molar-refractivity contribution in [3.8, 4) is 5.69 Å². The molecule has 1 aromatic heterocycles. The molecule has 0 saturated carbocycles. The molecule has 3 N–H and O–H groups in total. The quantitative estimate of drug-likeness (QED) is 0.851. The fraction of sp³-hybridized carbons (Fsp3) is 0.375. The third-order valence-corrected chi connectivity index (χ3v) is 3.76. The first kappa shape index (κ1) is 15.3. The van der Waals surface area contributed by atoms with Gasteiger partial charge in [-0.1, -0.05) is 38.5 Å². The lowest BCUT2D eigenvalue weighted by molar-refractivity contribution is -0.123. The van der Waals surface area contributed by atoms with Crippen LogP contribution in [0.2, 0.25) is 0 Å². The van der Waals surface area contributed by atoms with Gasteiger partial charge in [-0.25, -0.2) is 4.68 Å². The van der Waals surface area contributed by atoms with E-state index in [1.807, 2.05) is 50.4 Å². The number of carbonyl (C=O) groups excluding carboxylic acids is 1. The third kappa shape index (κ3) is 3.70. The highest BCUT2D eigenvalue weighted by atomic mass is 16.2. The Morgan fingerprint density at radius 1 is 1.38 bits per heavy atom. The minimum Gasteiger partial charge on any atom is -0.351 e. The van der Waals surface area contributed by atoms with E-state index in [2.05, 4.69) is 10.4 Å². The third-order valence-electron chi connectivity index (χ3n) is 3.76. The van der Waals surface area contributed by atoms with Gasteiger partial charge in [0.15, 0.2) is 0 Å². The number of aromatic nitrogens is 2. The lowest BCUT2D eigenvalue weighted by Crippen LogP contribution is -2.44. The zero-order valence-corrected chi connectivity index (χ0v) is 12.5. The van der Waals surface area contributed by atoms with Gasteiger partial charge < -0.3 is 11.1 Å². The van der Waals surface area contributed by atoms with Gasteiger partial charge in [0.1, 0.15) is 0 Å². The average Bonchev–Trinajstić information content (AvgIpc) is 3.05. The first-order valence-electron chi connectivity index (χ1n) is 7.24. The van der Waals surface area contributed by atoms with Gasteiger partial charge in [-0.3, -0.25) is 4.79 Å². The second kappa shape index (κ2) is 7.04. The first-order valence-corrected chi connectivity index (χ1v) is 7.24. The standard InChI is InChI=1S/C16H22N4O/c1-3-12(2)15(17)16(21)18-11-13-7-4-5-8-14(13)20-10-6-9-19-20/h4-10,12,15H,3,11,17H2,1-2H3,(H,18,21). The molecular formula is C16H22N4O. The molecule has 1 aromatic carbocycles. The van der Waals surface area contributed by atoms with E-state index in [1.54, 1.807) is 10.9 Å². The molecule has 2 atom stereocenters. The number of rotatable bonds is 6. The number of amides is 1. The molecule has 21 heavy (non-hydrogen) atoms. The minimum absolute atomic E-state index is 0.111. The SMILES string of the molecule is CCC(C)C(N)C(=O)NCc1ccccc1-n1cccn1. The van der Waals surface area contributed by atoms with Crippen molar-refractivity contribution in [3.63, 3.8) is 0 Å². The van der Waals surface area contributed by atoms with Crippen molar-refractivity contribution in [1.82, 2.24) is 15.1 Å². The molecule has 0 saturated heterocycles. The second-order valence-electron chi connectivity index (χ2n) is 5.21. The molecule has 5 nitrogen and oxygen atoms in total. The molecule has 0 fully saturated rings. The van der Waals surface area contributed by atoms with Gasteiger partial charge in [0.2, 0.25) is 5.91 Å². The van der Waals surface area contributed by atoms with Gasteiger partial charge in [-0.2, -0.15) is 5.10 Å². The van der Waals surface area contributed by atoms with Crippen LogP contribution in [0.15, 0.2) is 42.7 Å². The van der Waals surface area contributed by atoms with Crippen molar-refractivity contribution in [2.75, 3.05) is 0 Å². The minimum atomic E-state index is -0.466. The van der Waals surface area contributed by atoms with E-state index >= 15 is 0 Å². The molecular weight excluding hydrogens is 264 g/mol. The molecule has 0 aliphatic rings. The zero-order valence-electron chi connectivity index (χ0n) is 12.5. The van der Waals surface area contributed by atoms with Crippen molar-refractivity contribution in [2.45, 2.75) is 32.9 Å². The molecule has 1 heterocycles. The van der Waals surface area contributed by atoms with E-state index < -0.39 is 6.04 Å². The van der Waals surface area contributed by atoms with Crippen LogP contribution in [-0.2, 0) is 11.3 Å². The van der Waals surface area contributed by atoms with E-state index in [1.165, 1.54) is 0 Å². The Labute approximate surface area is 125 Å². The van der Waals surface area contributed by atoms with Crippen LogP contribution in [0, 0.1) is 5.92 Å². The Kier molecular flexibility index (Phi) is 5.11. The summed E-state index contributed by atoms with van der Waals surface area (Å²) in [5, 5.41) is 7.14. The number of carbonyl (C=O) groups is 1. The largest absolute Gasteiger partial charge is 0.351 e. The molecule has 112 valence electrons. The van der Waals surface area contributed by atoms with Crippen LogP contribution in [0.1, 0.15) is 25.8 Å². The fourth-order valence-corrected chi connectivity index (χ4v) is 2.11. The number of para-hydroxylation sites is 1. The summed E-state index contributed by atoms with van der Waals surface area (Å²) in [5.74, 6) is 0.0611. The van der Waals surface area contributed by atoms with Crippen molar-refractivity contribution in [3.05, 3.63) is 48.3 Å². The van der Waals surface area contributed by atoms with Gasteiger partial charge in [0, 0.05) is 18.9 Å². The molecule has 0 radical (unpaired) electrons. The summed E-state index contributed by atoms with van der Waals surface area (Å²) in [6, 6.07) is 9.26. The highest BCUT2D eigenvalue weighted by Gasteiger charge is 2.19. The highest BCUT2D eigenvalue weighted by molar-refractivity contribution is 5.81. The average molecular weight is 286 g/mol. The van der Waals surface area contributed by atoms with Crippen LogP contribution >= 0.6 is 0 Å². The number of hydrogen-bond acceptors (Lipinski definition) is 3. The predicted molar refractivity (Wildman–Crippen MR) is 82.8 cm³/mol. The number of nitrogens with one attached hydrogen (secondary N) is 1. The summed E-state index contributed by atoms with van der Waals surface area (Å²) >= 11 is 0. The van der Waals surface area contributed by atoms with Gasteiger partial charge >= 0.3 is 0 Å². The molecule has 5 heteroatoms. The first-order chi connectivity index (χ1) is 10.1.